The lowest BCUT2D eigenvalue weighted by Gasteiger charge is -2.25. The maximum Gasteiger partial charge on any atom is 0.419 e. The predicted molar refractivity (Wildman–Crippen MR) is 112 cm³/mol. The molecule has 3 rings (SSSR count). The second kappa shape index (κ2) is 7.67. The van der Waals surface area contributed by atoms with Crippen molar-refractivity contribution in [1.82, 2.24) is 4.57 Å². The number of aliphatic hydroxyl groups excluding tert-OH is 1. The van der Waals surface area contributed by atoms with Gasteiger partial charge < -0.3 is 14.9 Å². The summed E-state index contributed by atoms with van der Waals surface area (Å²) in [6.07, 6.45) is 7.76. The number of hydrogen-bond acceptors (Lipinski definition) is 5. The van der Waals surface area contributed by atoms with Gasteiger partial charge in [0.2, 0.25) is 0 Å². The van der Waals surface area contributed by atoms with Gasteiger partial charge in [-0.2, -0.15) is 0 Å². The van der Waals surface area contributed by atoms with E-state index in [1.807, 2.05) is 0 Å². The maximum atomic E-state index is 13.0. The molecule has 0 amide bonds. The van der Waals surface area contributed by atoms with Crippen molar-refractivity contribution >= 4 is 28.7 Å². The SMILES string of the molecule is CC(C)(C)OC(=O)n1cc(C(=O)C=C(O)C2(C(=O)O)C=CC=CC2)c2ccccc21. The van der Waals surface area contributed by atoms with Crippen LogP contribution in [0.15, 0.2) is 66.6 Å². The number of fused-ring (bicyclic) bond motifs is 1. The predicted octanol–water partition coefficient (Wildman–Crippen LogP) is 4.64. The van der Waals surface area contributed by atoms with Crippen molar-refractivity contribution in [3.8, 4) is 0 Å². The number of ether oxygens (including phenoxy) is 1. The summed E-state index contributed by atoms with van der Waals surface area (Å²) in [6, 6.07) is 6.79. The molecule has 1 aromatic carbocycles. The summed E-state index contributed by atoms with van der Waals surface area (Å²) in [5.74, 6) is -2.45. The summed E-state index contributed by atoms with van der Waals surface area (Å²) >= 11 is 0. The van der Waals surface area contributed by atoms with Crippen LogP contribution in [-0.2, 0) is 9.53 Å². The Labute approximate surface area is 173 Å². The minimum Gasteiger partial charge on any atom is -0.511 e. The van der Waals surface area contributed by atoms with E-state index in [0.717, 1.165) is 6.08 Å². The van der Waals surface area contributed by atoms with Gasteiger partial charge >= 0.3 is 12.1 Å². The van der Waals surface area contributed by atoms with Crippen LogP contribution in [0.25, 0.3) is 10.9 Å². The number of rotatable bonds is 4. The first-order valence-electron chi connectivity index (χ1n) is 9.42. The monoisotopic (exact) mass is 409 g/mol. The largest absolute Gasteiger partial charge is 0.511 e. The molecular weight excluding hydrogens is 386 g/mol. The van der Waals surface area contributed by atoms with Gasteiger partial charge in [-0.15, -0.1) is 0 Å². The number of carboxylic acids is 1. The quantitative estimate of drug-likeness (QED) is 0.433. The van der Waals surface area contributed by atoms with Gasteiger partial charge in [-0.1, -0.05) is 42.5 Å². The average molecular weight is 409 g/mol. The molecule has 0 radical (unpaired) electrons. The molecule has 0 saturated carbocycles. The van der Waals surface area contributed by atoms with Crippen LogP contribution in [-0.4, -0.2) is 38.2 Å². The summed E-state index contributed by atoms with van der Waals surface area (Å²) in [6.45, 7) is 5.21. The third-order valence-corrected chi connectivity index (χ3v) is 4.74. The average Bonchev–Trinajstić information content (AvgIpc) is 3.07. The van der Waals surface area contributed by atoms with Gasteiger partial charge in [0, 0.05) is 23.2 Å². The molecule has 0 bridgehead atoms. The first kappa shape index (κ1) is 21.1. The lowest BCUT2D eigenvalue weighted by atomic mass is 9.79. The van der Waals surface area contributed by atoms with E-state index in [1.165, 1.54) is 22.9 Å². The number of ketones is 1. The van der Waals surface area contributed by atoms with Crippen LogP contribution < -0.4 is 0 Å². The van der Waals surface area contributed by atoms with Crippen molar-refractivity contribution < 1.29 is 29.3 Å². The minimum absolute atomic E-state index is 0.0219. The smallest absolute Gasteiger partial charge is 0.419 e. The highest BCUT2D eigenvalue weighted by Crippen LogP contribution is 2.35. The van der Waals surface area contributed by atoms with E-state index >= 15 is 0 Å². The van der Waals surface area contributed by atoms with Crippen molar-refractivity contribution in [1.29, 1.82) is 0 Å². The topological polar surface area (TPSA) is 106 Å². The molecule has 0 saturated heterocycles. The molecule has 0 aliphatic heterocycles. The number of nitrogens with zero attached hydrogens (tertiary/aromatic N) is 1. The molecule has 30 heavy (non-hydrogen) atoms. The number of carbonyl (C=O) groups is 3. The van der Waals surface area contributed by atoms with Crippen LogP contribution in [0.4, 0.5) is 4.79 Å². The molecule has 156 valence electrons. The number of carboxylic acid groups (broad SMARTS) is 1. The fourth-order valence-electron chi connectivity index (χ4n) is 3.25. The molecule has 0 spiro atoms. The summed E-state index contributed by atoms with van der Waals surface area (Å²) in [5.41, 5.74) is -1.80. The van der Waals surface area contributed by atoms with E-state index in [0.29, 0.717) is 10.9 Å². The molecule has 1 unspecified atom stereocenters. The molecule has 0 fully saturated rings. The molecule has 1 aromatic heterocycles. The molecule has 1 heterocycles. The molecule has 1 aliphatic carbocycles. The lowest BCUT2D eigenvalue weighted by molar-refractivity contribution is -0.145. The van der Waals surface area contributed by atoms with Crippen molar-refractivity contribution in [2.45, 2.75) is 32.8 Å². The Morgan fingerprint density at radius 2 is 1.83 bits per heavy atom. The third-order valence-electron chi connectivity index (χ3n) is 4.74. The summed E-state index contributed by atoms with van der Waals surface area (Å²) < 4.78 is 6.63. The Bertz CT molecular complexity index is 1110. The standard InChI is InChI=1S/C23H23NO6/c1-22(2,3)30-21(29)24-14-16(15-9-5-6-10-17(15)24)18(25)13-19(26)23(20(27)28)11-7-4-8-12-23/h4-11,13-14,26H,12H2,1-3H3,(H,27,28). The van der Waals surface area contributed by atoms with Crippen LogP contribution in [0.2, 0.25) is 0 Å². The number of hydrogen-bond donors (Lipinski definition) is 2. The van der Waals surface area contributed by atoms with Crippen LogP contribution in [0, 0.1) is 5.41 Å². The van der Waals surface area contributed by atoms with Gasteiger partial charge in [-0.25, -0.2) is 4.79 Å². The summed E-state index contributed by atoms with van der Waals surface area (Å²) in [5, 5.41) is 20.7. The fourth-order valence-corrected chi connectivity index (χ4v) is 3.25. The number of aliphatic carboxylic acids is 1. The van der Waals surface area contributed by atoms with E-state index in [2.05, 4.69) is 0 Å². The van der Waals surface area contributed by atoms with Gasteiger partial charge in [0.1, 0.15) is 16.8 Å². The van der Waals surface area contributed by atoms with Crippen molar-refractivity contribution in [3.05, 3.63) is 72.2 Å². The summed E-state index contributed by atoms with van der Waals surface area (Å²) in [7, 11) is 0. The first-order valence-corrected chi connectivity index (χ1v) is 9.42. The van der Waals surface area contributed by atoms with Crippen LogP contribution >= 0.6 is 0 Å². The number of benzene rings is 1. The number of carbonyl (C=O) groups excluding carboxylic acids is 2. The molecular formula is C23H23NO6. The third kappa shape index (κ3) is 3.91. The Hall–Kier alpha value is -3.61. The lowest BCUT2D eigenvalue weighted by Crippen LogP contribution is -2.32. The number of aromatic nitrogens is 1. The van der Waals surface area contributed by atoms with Gasteiger partial charge in [0.25, 0.3) is 0 Å². The Kier molecular flexibility index (Phi) is 5.39. The van der Waals surface area contributed by atoms with E-state index < -0.39 is 34.6 Å². The van der Waals surface area contributed by atoms with E-state index in [4.69, 9.17) is 4.74 Å². The molecule has 7 heteroatoms. The number of aliphatic hydroxyl groups is 1. The Morgan fingerprint density at radius 1 is 1.13 bits per heavy atom. The Morgan fingerprint density at radius 3 is 2.43 bits per heavy atom. The normalized spacial score (nSPS) is 19.1. The number of para-hydroxylation sites is 1. The van der Waals surface area contributed by atoms with Crippen molar-refractivity contribution in [2.75, 3.05) is 0 Å². The van der Waals surface area contributed by atoms with Gasteiger partial charge in [-0.3, -0.25) is 14.2 Å². The minimum atomic E-state index is -1.70. The van der Waals surface area contributed by atoms with Crippen LogP contribution in [0.5, 0.6) is 0 Å². The van der Waals surface area contributed by atoms with E-state index in [-0.39, 0.29) is 12.0 Å². The Balaban J connectivity index is 2.04. The van der Waals surface area contributed by atoms with Gasteiger partial charge in [-0.05, 0) is 33.3 Å². The first-order chi connectivity index (χ1) is 14.0. The second-order valence-electron chi connectivity index (χ2n) is 8.07. The zero-order valence-corrected chi connectivity index (χ0v) is 17.0. The molecule has 7 nitrogen and oxygen atoms in total. The zero-order valence-electron chi connectivity index (χ0n) is 17.0. The maximum absolute atomic E-state index is 13.0. The molecule has 1 aliphatic rings. The van der Waals surface area contributed by atoms with Gasteiger partial charge in [0.15, 0.2) is 5.78 Å². The second-order valence-corrected chi connectivity index (χ2v) is 8.07. The van der Waals surface area contributed by atoms with Crippen molar-refractivity contribution in [2.24, 2.45) is 5.41 Å². The zero-order chi connectivity index (χ0) is 22.1. The van der Waals surface area contributed by atoms with Crippen LogP contribution in [0.3, 0.4) is 0 Å². The molecule has 2 N–H and O–H groups in total. The van der Waals surface area contributed by atoms with Crippen LogP contribution in [0.1, 0.15) is 37.6 Å². The highest BCUT2D eigenvalue weighted by Gasteiger charge is 2.40. The highest BCUT2D eigenvalue weighted by molar-refractivity contribution is 6.15. The van der Waals surface area contributed by atoms with E-state index in [1.54, 1.807) is 57.2 Å². The van der Waals surface area contributed by atoms with Crippen molar-refractivity contribution in [3.63, 3.8) is 0 Å². The summed E-state index contributed by atoms with van der Waals surface area (Å²) in [4.78, 5) is 37.4. The van der Waals surface area contributed by atoms with E-state index in [9.17, 15) is 24.6 Å². The molecule has 1 atom stereocenters. The molecule has 2 aromatic rings. The number of allylic oxidation sites excluding steroid dienone is 4. The highest BCUT2D eigenvalue weighted by atomic mass is 16.6. The fraction of sp³-hybridized carbons (Fsp3) is 0.261. The van der Waals surface area contributed by atoms with Gasteiger partial charge in [0.05, 0.1) is 5.52 Å².